The molecule has 0 bridgehead atoms. The first-order chi connectivity index (χ1) is 15.7. The van der Waals surface area contributed by atoms with E-state index in [9.17, 15) is 9.90 Å². The fourth-order valence-corrected chi connectivity index (χ4v) is 5.91. The second-order valence-corrected chi connectivity index (χ2v) is 9.36. The molecule has 1 fully saturated rings. The number of likely N-dealkylation sites (N-methyl/N-ethyl adjacent to an activating group) is 1. The van der Waals surface area contributed by atoms with Gasteiger partial charge in [-0.1, -0.05) is 24.3 Å². The molecule has 7 heteroatoms. The molecule has 1 atom stereocenters. The van der Waals surface area contributed by atoms with Crippen LogP contribution >= 0.6 is 11.3 Å². The van der Waals surface area contributed by atoms with Crippen molar-refractivity contribution in [2.45, 2.75) is 18.9 Å². The Morgan fingerprint density at radius 1 is 1.16 bits per heavy atom. The van der Waals surface area contributed by atoms with Crippen LogP contribution in [-0.2, 0) is 6.54 Å². The van der Waals surface area contributed by atoms with E-state index in [-0.39, 0.29) is 18.4 Å². The van der Waals surface area contributed by atoms with E-state index in [1.54, 1.807) is 18.1 Å². The summed E-state index contributed by atoms with van der Waals surface area (Å²) in [6.07, 6.45) is 4.68. The molecule has 1 aromatic carbocycles. The van der Waals surface area contributed by atoms with Gasteiger partial charge in [-0.05, 0) is 42.3 Å². The number of amides is 1. The van der Waals surface area contributed by atoms with Crippen LogP contribution in [0.3, 0.4) is 0 Å². The number of pyridine rings is 2. The van der Waals surface area contributed by atoms with Gasteiger partial charge in [-0.2, -0.15) is 0 Å². The molecule has 164 valence electrons. The summed E-state index contributed by atoms with van der Waals surface area (Å²) in [5, 5.41) is 11.6. The quantitative estimate of drug-likeness (QED) is 0.487. The maximum absolute atomic E-state index is 13.2. The van der Waals surface area contributed by atoms with Gasteiger partial charge in [0.15, 0.2) is 0 Å². The number of likely N-dealkylation sites (tertiary alicyclic amines) is 1. The molecular weight excluding hydrogens is 420 g/mol. The summed E-state index contributed by atoms with van der Waals surface area (Å²) in [5.41, 5.74) is 3.43. The molecule has 1 N–H and O–H groups in total. The Morgan fingerprint density at radius 3 is 2.88 bits per heavy atom. The number of carbonyl (C=O) groups is 1. The average molecular weight is 447 g/mol. The predicted octanol–water partition coefficient (Wildman–Crippen LogP) is 3.90. The molecule has 3 aromatic heterocycles. The first-order valence-electron chi connectivity index (χ1n) is 10.9. The van der Waals surface area contributed by atoms with Gasteiger partial charge in [0.2, 0.25) is 0 Å². The Hall–Kier alpha value is -2.87. The molecule has 1 saturated heterocycles. The monoisotopic (exact) mass is 446 g/mol. The third kappa shape index (κ3) is 3.88. The van der Waals surface area contributed by atoms with Crippen molar-refractivity contribution in [3.63, 3.8) is 0 Å². The predicted molar refractivity (Wildman–Crippen MR) is 128 cm³/mol. The van der Waals surface area contributed by atoms with Crippen molar-refractivity contribution >= 4 is 38.4 Å². The van der Waals surface area contributed by atoms with Crippen LogP contribution in [0.1, 0.15) is 33.1 Å². The highest BCUT2D eigenvalue weighted by Gasteiger charge is 2.32. The SMILES string of the molecule is CN(CCO)C(=O)c1sc2ncccc2c1[C@@H]1CCN(Cc2ccnc3ccccc23)C1. The van der Waals surface area contributed by atoms with Gasteiger partial charge in [0.05, 0.1) is 17.0 Å². The standard InChI is InChI=1S/C25H26N4O2S/c1-28(13-14-30)25(31)23-22(20-6-4-10-27-24(20)32-23)18-9-12-29(16-18)15-17-8-11-26-21-7-3-2-5-19(17)21/h2-8,10-11,18,30H,9,12-16H2,1H3/t18-/m1/s1. The Bertz CT molecular complexity index is 1270. The zero-order valence-electron chi connectivity index (χ0n) is 18.1. The van der Waals surface area contributed by atoms with Crippen LogP contribution in [-0.4, -0.2) is 64.1 Å². The number of rotatable bonds is 6. The molecule has 1 aliphatic heterocycles. The number of nitrogens with zero attached hydrogens (tertiary/aromatic N) is 4. The maximum Gasteiger partial charge on any atom is 0.264 e. The number of fused-ring (bicyclic) bond motifs is 2. The van der Waals surface area contributed by atoms with Crippen molar-refractivity contribution in [1.82, 2.24) is 19.8 Å². The van der Waals surface area contributed by atoms with Crippen molar-refractivity contribution in [2.24, 2.45) is 0 Å². The number of benzene rings is 1. The summed E-state index contributed by atoms with van der Waals surface area (Å²) < 4.78 is 0. The van der Waals surface area contributed by atoms with E-state index in [1.165, 1.54) is 22.3 Å². The smallest absolute Gasteiger partial charge is 0.264 e. The fraction of sp³-hybridized carbons (Fsp3) is 0.320. The number of thiophene rings is 1. The maximum atomic E-state index is 13.2. The first-order valence-corrected chi connectivity index (χ1v) is 11.8. The second-order valence-electron chi connectivity index (χ2n) is 8.36. The molecule has 0 unspecified atom stereocenters. The summed E-state index contributed by atoms with van der Waals surface area (Å²) >= 11 is 1.47. The minimum atomic E-state index is -0.0438. The lowest BCUT2D eigenvalue weighted by atomic mass is 9.95. The van der Waals surface area contributed by atoms with E-state index in [0.29, 0.717) is 6.54 Å². The lowest BCUT2D eigenvalue weighted by molar-refractivity contribution is 0.0770. The lowest BCUT2D eigenvalue weighted by Crippen LogP contribution is -2.29. The average Bonchev–Trinajstić information content (AvgIpc) is 3.43. The van der Waals surface area contributed by atoms with E-state index in [0.717, 1.165) is 52.2 Å². The van der Waals surface area contributed by atoms with Gasteiger partial charge >= 0.3 is 0 Å². The van der Waals surface area contributed by atoms with Gasteiger partial charge in [0.1, 0.15) is 4.83 Å². The Balaban J connectivity index is 1.44. The topological polar surface area (TPSA) is 69.6 Å². The van der Waals surface area contributed by atoms with E-state index in [4.69, 9.17) is 0 Å². The van der Waals surface area contributed by atoms with Gasteiger partial charge in [-0.3, -0.25) is 14.7 Å². The molecule has 0 radical (unpaired) electrons. The molecule has 32 heavy (non-hydrogen) atoms. The van der Waals surface area contributed by atoms with Crippen LogP contribution in [0, 0.1) is 0 Å². The number of carbonyl (C=O) groups excluding carboxylic acids is 1. The highest BCUT2D eigenvalue weighted by atomic mass is 32.1. The molecule has 4 aromatic rings. The first kappa shape index (κ1) is 21.0. The van der Waals surface area contributed by atoms with E-state index >= 15 is 0 Å². The molecule has 6 nitrogen and oxygen atoms in total. The molecule has 5 rings (SSSR count). The molecule has 4 heterocycles. The normalized spacial score (nSPS) is 16.8. The van der Waals surface area contributed by atoms with Gasteiger partial charge in [0.25, 0.3) is 5.91 Å². The molecular formula is C25H26N4O2S. The second kappa shape index (κ2) is 8.94. The highest BCUT2D eigenvalue weighted by molar-refractivity contribution is 7.20. The van der Waals surface area contributed by atoms with Crippen molar-refractivity contribution < 1.29 is 9.90 Å². The van der Waals surface area contributed by atoms with Crippen LogP contribution in [0.5, 0.6) is 0 Å². The zero-order valence-corrected chi connectivity index (χ0v) is 18.9. The van der Waals surface area contributed by atoms with Crippen LogP contribution in [0.25, 0.3) is 21.1 Å². The fourth-order valence-electron chi connectivity index (χ4n) is 4.69. The summed E-state index contributed by atoms with van der Waals surface area (Å²) in [4.78, 5) is 27.9. The van der Waals surface area contributed by atoms with Gasteiger partial charge in [-0.15, -0.1) is 11.3 Å². The summed E-state index contributed by atoms with van der Waals surface area (Å²) in [6, 6.07) is 14.4. The number of aromatic nitrogens is 2. The van der Waals surface area contributed by atoms with Gasteiger partial charge in [0, 0.05) is 55.8 Å². The molecule has 1 aliphatic rings. The molecule has 0 saturated carbocycles. The minimum Gasteiger partial charge on any atom is -0.395 e. The number of aliphatic hydroxyl groups excluding tert-OH is 1. The van der Waals surface area contributed by atoms with Crippen molar-refractivity contribution in [3.05, 3.63) is 70.9 Å². The highest BCUT2D eigenvalue weighted by Crippen LogP contribution is 2.40. The van der Waals surface area contributed by atoms with Gasteiger partial charge < -0.3 is 10.0 Å². The van der Waals surface area contributed by atoms with Gasteiger partial charge in [-0.25, -0.2) is 4.98 Å². The van der Waals surface area contributed by atoms with Crippen LogP contribution in [0.2, 0.25) is 0 Å². The van der Waals surface area contributed by atoms with E-state index < -0.39 is 0 Å². The van der Waals surface area contributed by atoms with Crippen molar-refractivity contribution in [3.8, 4) is 0 Å². The Kier molecular flexibility index (Phi) is 5.87. The van der Waals surface area contributed by atoms with Crippen molar-refractivity contribution in [1.29, 1.82) is 0 Å². The Morgan fingerprint density at radius 2 is 2.00 bits per heavy atom. The van der Waals surface area contributed by atoms with E-state index in [1.807, 2.05) is 18.3 Å². The minimum absolute atomic E-state index is 0.0318. The summed E-state index contributed by atoms with van der Waals surface area (Å²) in [5.74, 6) is 0.248. The van der Waals surface area contributed by atoms with E-state index in [2.05, 4.69) is 45.2 Å². The van der Waals surface area contributed by atoms with Crippen LogP contribution < -0.4 is 0 Å². The van der Waals surface area contributed by atoms with Crippen molar-refractivity contribution in [2.75, 3.05) is 33.3 Å². The number of hydrogen-bond acceptors (Lipinski definition) is 6. The molecule has 1 amide bonds. The third-order valence-electron chi connectivity index (χ3n) is 6.29. The number of para-hydroxylation sites is 1. The van der Waals surface area contributed by atoms with Crippen LogP contribution in [0.15, 0.2) is 54.9 Å². The summed E-state index contributed by atoms with van der Waals surface area (Å²) in [7, 11) is 1.75. The largest absolute Gasteiger partial charge is 0.395 e. The molecule has 0 aliphatic carbocycles. The third-order valence-corrected chi connectivity index (χ3v) is 7.41. The Labute approximate surface area is 191 Å². The number of hydrogen-bond donors (Lipinski definition) is 1. The number of aliphatic hydroxyl groups is 1. The van der Waals surface area contributed by atoms with Crippen LogP contribution in [0.4, 0.5) is 0 Å². The zero-order chi connectivity index (χ0) is 22.1. The summed E-state index contributed by atoms with van der Waals surface area (Å²) in [6.45, 7) is 3.04. The lowest BCUT2D eigenvalue weighted by Gasteiger charge is -2.19. The molecule has 0 spiro atoms.